The van der Waals surface area contributed by atoms with E-state index in [-0.39, 0.29) is 17.3 Å². The molecular formula is C14H17FN2O3. The van der Waals surface area contributed by atoms with Crippen molar-refractivity contribution in [2.45, 2.75) is 31.7 Å². The van der Waals surface area contributed by atoms with Crippen molar-refractivity contribution in [2.75, 3.05) is 5.32 Å². The van der Waals surface area contributed by atoms with Crippen LogP contribution < -0.4 is 11.1 Å². The summed E-state index contributed by atoms with van der Waals surface area (Å²) in [4.78, 5) is 22.6. The molecule has 1 amide bonds. The highest BCUT2D eigenvalue weighted by atomic mass is 19.1. The van der Waals surface area contributed by atoms with E-state index in [2.05, 4.69) is 5.32 Å². The monoisotopic (exact) mass is 280 g/mol. The summed E-state index contributed by atoms with van der Waals surface area (Å²) < 4.78 is 13.7. The SMILES string of the molecule is NC(=O)c1c(F)cccc1NC1CCCCC1C(=O)O. The van der Waals surface area contributed by atoms with Gasteiger partial charge < -0.3 is 16.2 Å². The van der Waals surface area contributed by atoms with Crippen molar-refractivity contribution in [3.05, 3.63) is 29.6 Å². The summed E-state index contributed by atoms with van der Waals surface area (Å²) in [5.41, 5.74) is 5.22. The van der Waals surface area contributed by atoms with Gasteiger partial charge in [0.05, 0.1) is 17.2 Å². The Hall–Kier alpha value is -2.11. The highest BCUT2D eigenvalue weighted by molar-refractivity contribution is 5.98. The molecule has 1 fully saturated rings. The van der Waals surface area contributed by atoms with Crippen LogP contribution in [-0.4, -0.2) is 23.0 Å². The number of hydrogen-bond acceptors (Lipinski definition) is 3. The summed E-state index contributed by atoms with van der Waals surface area (Å²) in [5.74, 6) is -2.98. The van der Waals surface area contributed by atoms with Gasteiger partial charge in [0.1, 0.15) is 5.82 Å². The highest BCUT2D eigenvalue weighted by Gasteiger charge is 2.31. The summed E-state index contributed by atoms with van der Waals surface area (Å²) in [7, 11) is 0. The first kappa shape index (κ1) is 14.3. The average molecular weight is 280 g/mol. The molecule has 0 saturated heterocycles. The zero-order chi connectivity index (χ0) is 14.7. The summed E-state index contributed by atoms with van der Waals surface area (Å²) >= 11 is 0. The molecule has 6 heteroatoms. The molecule has 1 aromatic rings. The zero-order valence-electron chi connectivity index (χ0n) is 10.9. The molecule has 0 bridgehead atoms. The molecule has 0 heterocycles. The smallest absolute Gasteiger partial charge is 0.308 e. The number of hydrogen-bond donors (Lipinski definition) is 3. The van der Waals surface area contributed by atoms with Gasteiger partial charge in [0.15, 0.2) is 0 Å². The van der Waals surface area contributed by atoms with E-state index < -0.39 is 23.6 Å². The Balaban J connectivity index is 2.27. The number of carboxylic acid groups (broad SMARTS) is 1. The summed E-state index contributed by atoms with van der Waals surface area (Å²) in [6, 6.07) is 3.83. The van der Waals surface area contributed by atoms with Crippen LogP contribution in [0.15, 0.2) is 18.2 Å². The second-order valence-electron chi connectivity index (χ2n) is 5.01. The summed E-state index contributed by atoms with van der Waals surface area (Å²) in [5, 5.41) is 12.2. The lowest BCUT2D eigenvalue weighted by Crippen LogP contribution is -2.37. The second-order valence-corrected chi connectivity index (χ2v) is 5.01. The predicted octanol–water partition coefficient (Wildman–Crippen LogP) is 1.98. The number of aliphatic carboxylic acids is 1. The van der Waals surface area contributed by atoms with Gasteiger partial charge in [-0.25, -0.2) is 4.39 Å². The molecule has 5 nitrogen and oxygen atoms in total. The minimum atomic E-state index is -0.876. The number of anilines is 1. The molecular weight excluding hydrogens is 263 g/mol. The molecule has 0 aromatic heterocycles. The maximum atomic E-state index is 13.7. The number of nitrogens with two attached hydrogens (primary N) is 1. The minimum absolute atomic E-state index is 0.220. The van der Waals surface area contributed by atoms with E-state index in [0.717, 1.165) is 18.9 Å². The highest BCUT2D eigenvalue weighted by Crippen LogP contribution is 2.29. The van der Waals surface area contributed by atoms with Gasteiger partial charge in [0.25, 0.3) is 5.91 Å². The van der Waals surface area contributed by atoms with Crippen molar-refractivity contribution >= 4 is 17.6 Å². The van der Waals surface area contributed by atoms with E-state index in [9.17, 15) is 19.1 Å². The normalized spacial score (nSPS) is 22.2. The standard InChI is InChI=1S/C14H17FN2O3/c15-9-5-3-7-11(12(9)13(16)18)17-10-6-2-1-4-8(10)14(19)20/h3,5,7-8,10,17H,1-2,4,6H2,(H2,16,18)(H,19,20). The van der Waals surface area contributed by atoms with Crippen LogP contribution in [0.2, 0.25) is 0 Å². The van der Waals surface area contributed by atoms with Crippen LogP contribution in [0, 0.1) is 11.7 Å². The van der Waals surface area contributed by atoms with Crippen LogP contribution in [0.3, 0.4) is 0 Å². The molecule has 108 valence electrons. The maximum absolute atomic E-state index is 13.7. The molecule has 2 rings (SSSR count). The van der Waals surface area contributed by atoms with Crippen LogP contribution in [0.5, 0.6) is 0 Å². The first-order chi connectivity index (χ1) is 9.50. The maximum Gasteiger partial charge on any atom is 0.308 e. The van der Waals surface area contributed by atoms with E-state index in [1.54, 1.807) is 0 Å². The van der Waals surface area contributed by atoms with Crippen molar-refractivity contribution in [3.8, 4) is 0 Å². The Kier molecular flexibility index (Phi) is 4.22. The average Bonchev–Trinajstić information content (AvgIpc) is 2.38. The van der Waals surface area contributed by atoms with Gasteiger partial charge in [-0.3, -0.25) is 9.59 Å². The van der Waals surface area contributed by atoms with Gasteiger partial charge in [-0.2, -0.15) is 0 Å². The van der Waals surface area contributed by atoms with Gasteiger partial charge in [0, 0.05) is 6.04 Å². The van der Waals surface area contributed by atoms with Crippen LogP contribution in [0.25, 0.3) is 0 Å². The quantitative estimate of drug-likeness (QED) is 0.786. The number of nitrogens with one attached hydrogen (secondary N) is 1. The number of primary amides is 1. The summed E-state index contributed by atoms with van der Waals surface area (Å²) in [6.07, 6.45) is 3.02. The Morgan fingerprint density at radius 1 is 1.30 bits per heavy atom. The first-order valence-electron chi connectivity index (χ1n) is 6.58. The van der Waals surface area contributed by atoms with Gasteiger partial charge in [-0.1, -0.05) is 18.9 Å². The number of carbonyl (C=O) groups excluding carboxylic acids is 1. The fourth-order valence-electron chi connectivity index (χ4n) is 2.69. The molecule has 0 radical (unpaired) electrons. The van der Waals surface area contributed by atoms with Crippen molar-refractivity contribution in [3.63, 3.8) is 0 Å². The third kappa shape index (κ3) is 2.89. The molecule has 2 atom stereocenters. The molecule has 4 N–H and O–H groups in total. The molecule has 2 unspecified atom stereocenters. The number of halogens is 1. The van der Waals surface area contributed by atoms with E-state index >= 15 is 0 Å². The molecule has 0 spiro atoms. The minimum Gasteiger partial charge on any atom is -0.481 e. The summed E-state index contributed by atoms with van der Waals surface area (Å²) in [6.45, 7) is 0. The third-order valence-electron chi connectivity index (χ3n) is 3.68. The molecule has 1 saturated carbocycles. The van der Waals surface area contributed by atoms with Crippen LogP contribution in [-0.2, 0) is 4.79 Å². The van der Waals surface area contributed by atoms with E-state index in [1.807, 2.05) is 0 Å². The van der Waals surface area contributed by atoms with E-state index in [1.165, 1.54) is 12.1 Å². The largest absolute Gasteiger partial charge is 0.481 e. The topological polar surface area (TPSA) is 92.4 Å². The van der Waals surface area contributed by atoms with E-state index in [4.69, 9.17) is 5.73 Å². The van der Waals surface area contributed by atoms with Gasteiger partial charge in [-0.05, 0) is 25.0 Å². The van der Waals surface area contributed by atoms with Crippen molar-refractivity contribution in [1.29, 1.82) is 0 Å². The molecule has 20 heavy (non-hydrogen) atoms. The number of amides is 1. The number of carbonyl (C=O) groups is 2. The molecule has 1 aliphatic rings. The second kappa shape index (κ2) is 5.90. The molecule has 0 aliphatic heterocycles. The number of rotatable bonds is 4. The molecule has 1 aliphatic carbocycles. The number of benzene rings is 1. The Labute approximate surface area is 116 Å². The lowest BCUT2D eigenvalue weighted by molar-refractivity contribution is -0.143. The van der Waals surface area contributed by atoms with Crippen molar-refractivity contribution in [2.24, 2.45) is 11.7 Å². The zero-order valence-corrected chi connectivity index (χ0v) is 10.9. The van der Waals surface area contributed by atoms with Gasteiger partial charge in [-0.15, -0.1) is 0 Å². The van der Waals surface area contributed by atoms with Crippen LogP contribution >= 0.6 is 0 Å². The third-order valence-corrected chi connectivity index (χ3v) is 3.68. The Bertz CT molecular complexity index is 533. The number of carboxylic acids is 1. The lowest BCUT2D eigenvalue weighted by Gasteiger charge is -2.30. The fourth-order valence-corrected chi connectivity index (χ4v) is 2.69. The van der Waals surface area contributed by atoms with Gasteiger partial charge in [0.2, 0.25) is 0 Å². The Morgan fingerprint density at radius 2 is 2.00 bits per heavy atom. The lowest BCUT2D eigenvalue weighted by atomic mass is 9.84. The Morgan fingerprint density at radius 3 is 2.65 bits per heavy atom. The van der Waals surface area contributed by atoms with Crippen molar-refractivity contribution < 1.29 is 19.1 Å². The first-order valence-corrected chi connectivity index (χ1v) is 6.58. The predicted molar refractivity (Wildman–Crippen MR) is 71.9 cm³/mol. The van der Waals surface area contributed by atoms with Gasteiger partial charge >= 0.3 is 5.97 Å². The van der Waals surface area contributed by atoms with Crippen molar-refractivity contribution in [1.82, 2.24) is 0 Å². The fraction of sp³-hybridized carbons (Fsp3) is 0.429. The van der Waals surface area contributed by atoms with Crippen LogP contribution in [0.4, 0.5) is 10.1 Å². The molecule has 1 aromatic carbocycles. The van der Waals surface area contributed by atoms with E-state index in [0.29, 0.717) is 12.8 Å². The van der Waals surface area contributed by atoms with Crippen LogP contribution in [0.1, 0.15) is 36.0 Å².